The molecule has 11 nitrogen and oxygen atoms in total. The summed E-state index contributed by atoms with van der Waals surface area (Å²) in [6.07, 6.45) is 2.05. The van der Waals surface area contributed by atoms with Crippen molar-refractivity contribution in [2.45, 2.75) is 19.8 Å². The second-order valence-corrected chi connectivity index (χ2v) is 7.02. The minimum Gasteiger partial charge on any atom is -0.495 e. The fraction of sp³-hybridized carbons (Fsp3) is 0.381. The van der Waals surface area contributed by atoms with Crippen LogP contribution in [0.15, 0.2) is 30.5 Å². The highest BCUT2D eigenvalue weighted by Gasteiger charge is 2.16. The lowest BCUT2D eigenvalue weighted by atomic mass is 10.3. The van der Waals surface area contributed by atoms with Gasteiger partial charge in [-0.1, -0.05) is 12.1 Å². The summed E-state index contributed by atoms with van der Waals surface area (Å²) in [6, 6.07) is 7.34. The number of thiocarbonyl (C=S) groups is 1. The SMILES string of the molecule is CCOC(=O)c1cnc(Nc2ccccc2OC)nc1NCCCNC(=S)NCCC(=O)O. The molecule has 2 aromatic rings. The van der Waals surface area contributed by atoms with Crippen LogP contribution in [0, 0.1) is 0 Å². The monoisotopic (exact) mass is 476 g/mol. The van der Waals surface area contributed by atoms with Crippen molar-refractivity contribution in [3.63, 3.8) is 0 Å². The van der Waals surface area contributed by atoms with Gasteiger partial charge in [0.1, 0.15) is 17.1 Å². The molecule has 0 bridgehead atoms. The van der Waals surface area contributed by atoms with Crippen LogP contribution in [0.4, 0.5) is 17.5 Å². The Morgan fingerprint density at radius 3 is 2.64 bits per heavy atom. The van der Waals surface area contributed by atoms with Gasteiger partial charge in [0.25, 0.3) is 0 Å². The molecule has 0 saturated heterocycles. The zero-order chi connectivity index (χ0) is 24.1. The number of carboxylic acid groups (broad SMARTS) is 1. The Balaban J connectivity index is 1.97. The molecule has 0 unspecified atom stereocenters. The minimum absolute atomic E-state index is 0.0149. The van der Waals surface area contributed by atoms with Crippen LogP contribution in [-0.2, 0) is 9.53 Å². The molecule has 0 spiro atoms. The van der Waals surface area contributed by atoms with Crippen LogP contribution in [0.3, 0.4) is 0 Å². The summed E-state index contributed by atoms with van der Waals surface area (Å²) in [5.41, 5.74) is 0.907. The molecule has 2 rings (SSSR count). The second-order valence-electron chi connectivity index (χ2n) is 6.61. The molecule has 0 atom stereocenters. The van der Waals surface area contributed by atoms with E-state index in [0.29, 0.717) is 41.9 Å². The number of nitrogens with one attached hydrogen (secondary N) is 4. The number of carbonyl (C=O) groups excluding carboxylic acids is 1. The maximum Gasteiger partial charge on any atom is 0.343 e. The third kappa shape index (κ3) is 8.77. The van der Waals surface area contributed by atoms with Crippen molar-refractivity contribution in [1.82, 2.24) is 20.6 Å². The molecule has 0 fully saturated rings. The fourth-order valence-corrected chi connectivity index (χ4v) is 2.85. The zero-order valence-corrected chi connectivity index (χ0v) is 19.3. The summed E-state index contributed by atoms with van der Waals surface area (Å²) in [4.78, 5) is 31.5. The zero-order valence-electron chi connectivity index (χ0n) is 18.5. The van der Waals surface area contributed by atoms with E-state index in [1.807, 2.05) is 24.3 Å². The lowest BCUT2D eigenvalue weighted by Crippen LogP contribution is -2.37. The fourth-order valence-electron chi connectivity index (χ4n) is 2.65. The van der Waals surface area contributed by atoms with Gasteiger partial charge in [-0.15, -0.1) is 0 Å². The van der Waals surface area contributed by atoms with Crippen LogP contribution >= 0.6 is 12.2 Å². The van der Waals surface area contributed by atoms with Crippen molar-refractivity contribution < 1.29 is 24.2 Å². The maximum absolute atomic E-state index is 12.3. The lowest BCUT2D eigenvalue weighted by Gasteiger charge is -2.14. The molecular formula is C21H28N6O5S. The van der Waals surface area contributed by atoms with E-state index in [1.165, 1.54) is 6.20 Å². The number of carboxylic acids is 1. The van der Waals surface area contributed by atoms with E-state index in [4.69, 9.17) is 26.8 Å². The van der Waals surface area contributed by atoms with Gasteiger partial charge < -0.3 is 35.8 Å². The number of nitrogens with zero attached hydrogens (tertiary/aromatic N) is 2. The number of aromatic nitrogens is 2. The lowest BCUT2D eigenvalue weighted by molar-refractivity contribution is -0.136. The molecule has 5 N–H and O–H groups in total. The van der Waals surface area contributed by atoms with Crippen LogP contribution in [-0.4, -0.2) is 65.5 Å². The van der Waals surface area contributed by atoms with Gasteiger partial charge in [-0.25, -0.2) is 9.78 Å². The largest absolute Gasteiger partial charge is 0.495 e. The molecule has 0 aliphatic rings. The first-order valence-electron chi connectivity index (χ1n) is 10.4. The normalized spacial score (nSPS) is 10.1. The molecule has 0 radical (unpaired) electrons. The summed E-state index contributed by atoms with van der Waals surface area (Å²) >= 11 is 5.10. The predicted octanol–water partition coefficient (Wildman–Crippen LogP) is 2.15. The predicted molar refractivity (Wildman–Crippen MR) is 128 cm³/mol. The summed E-state index contributed by atoms with van der Waals surface area (Å²) in [5.74, 6) is -0.161. The number of carbonyl (C=O) groups is 2. The van der Waals surface area contributed by atoms with Gasteiger partial charge in [-0.3, -0.25) is 4.79 Å². The second kappa shape index (κ2) is 13.7. The van der Waals surface area contributed by atoms with E-state index in [2.05, 4.69) is 31.2 Å². The number of aliphatic carboxylic acids is 1. The molecule has 0 saturated carbocycles. The number of esters is 1. The smallest absolute Gasteiger partial charge is 0.343 e. The van der Waals surface area contributed by atoms with Crippen LogP contribution in [0.2, 0.25) is 0 Å². The van der Waals surface area contributed by atoms with Gasteiger partial charge in [-0.05, 0) is 37.7 Å². The average molecular weight is 477 g/mol. The van der Waals surface area contributed by atoms with Gasteiger partial charge >= 0.3 is 11.9 Å². The molecule has 33 heavy (non-hydrogen) atoms. The first kappa shape index (κ1) is 25.6. The highest BCUT2D eigenvalue weighted by molar-refractivity contribution is 7.80. The highest BCUT2D eigenvalue weighted by Crippen LogP contribution is 2.26. The summed E-state index contributed by atoms with van der Waals surface area (Å²) in [7, 11) is 1.57. The molecule has 1 heterocycles. The van der Waals surface area contributed by atoms with E-state index >= 15 is 0 Å². The van der Waals surface area contributed by atoms with Crippen molar-refractivity contribution in [1.29, 1.82) is 0 Å². The van der Waals surface area contributed by atoms with Gasteiger partial charge in [-0.2, -0.15) is 4.98 Å². The molecule has 0 aliphatic heterocycles. The van der Waals surface area contributed by atoms with Crippen LogP contribution < -0.4 is 26.0 Å². The van der Waals surface area contributed by atoms with Crippen molar-refractivity contribution in [2.24, 2.45) is 0 Å². The molecule has 178 valence electrons. The van der Waals surface area contributed by atoms with Crippen LogP contribution in [0.5, 0.6) is 5.75 Å². The Hall–Kier alpha value is -3.67. The van der Waals surface area contributed by atoms with E-state index < -0.39 is 11.9 Å². The number of para-hydroxylation sites is 2. The molecule has 1 aromatic carbocycles. The molecular weight excluding hydrogens is 448 g/mol. The van der Waals surface area contributed by atoms with Gasteiger partial charge in [0.15, 0.2) is 5.11 Å². The minimum atomic E-state index is -0.892. The number of methoxy groups -OCH3 is 1. The van der Waals surface area contributed by atoms with Crippen molar-refractivity contribution in [3.8, 4) is 5.75 Å². The summed E-state index contributed by atoms with van der Waals surface area (Å²) < 4.78 is 10.4. The molecule has 0 amide bonds. The Morgan fingerprint density at radius 1 is 1.15 bits per heavy atom. The first-order valence-corrected chi connectivity index (χ1v) is 10.8. The van der Waals surface area contributed by atoms with Gasteiger partial charge in [0, 0.05) is 25.8 Å². The maximum atomic E-state index is 12.3. The Kier molecular flexibility index (Phi) is 10.6. The number of anilines is 3. The highest BCUT2D eigenvalue weighted by atomic mass is 32.1. The molecule has 12 heteroatoms. The van der Waals surface area contributed by atoms with E-state index in [-0.39, 0.29) is 31.1 Å². The first-order chi connectivity index (χ1) is 15.9. The van der Waals surface area contributed by atoms with Gasteiger partial charge in [0.05, 0.1) is 25.8 Å². The third-order valence-electron chi connectivity index (χ3n) is 4.19. The average Bonchev–Trinajstić information content (AvgIpc) is 2.79. The number of hydrogen-bond donors (Lipinski definition) is 5. The number of benzene rings is 1. The quantitative estimate of drug-likeness (QED) is 0.164. The van der Waals surface area contributed by atoms with E-state index in [0.717, 1.165) is 0 Å². The van der Waals surface area contributed by atoms with Crippen molar-refractivity contribution in [2.75, 3.05) is 44.0 Å². The van der Waals surface area contributed by atoms with Crippen LogP contribution in [0.25, 0.3) is 0 Å². The summed E-state index contributed by atoms with van der Waals surface area (Å²) in [6.45, 7) is 3.24. The number of hydrogen-bond acceptors (Lipinski definition) is 9. The Bertz CT molecular complexity index is 958. The van der Waals surface area contributed by atoms with Crippen molar-refractivity contribution in [3.05, 3.63) is 36.0 Å². The van der Waals surface area contributed by atoms with E-state index in [9.17, 15) is 9.59 Å². The standard InChI is InChI=1S/C21H28N6O5S/c1-3-32-19(30)14-13-25-20(26-15-7-4-5-8-16(15)31-2)27-18(14)22-10-6-11-23-21(33)24-12-9-17(28)29/h4-5,7-8,13H,3,6,9-12H2,1-2H3,(H,28,29)(H2,23,24,33)(H2,22,25,26,27). The van der Waals surface area contributed by atoms with E-state index in [1.54, 1.807) is 14.0 Å². The summed E-state index contributed by atoms with van der Waals surface area (Å²) in [5, 5.41) is 21.1. The number of ether oxygens (including phenoxy) is 2. The third-order valence-corrected chi connectivity index (χ3v) is 4.48. The Morgan fingerprint density at radius 2 is 1.91 bits per heavy atom. The molecule has 1 aromatic heterocycles. The Labute approximate surface area is 197 Å². The van der Waals surface area contributed by atoms with Crippen LogP contribution in [0.1, 0.15) is 30.1 Å². The topological polar surface area (TPSA) is 147 Å². The van der Waals surface area contributed by atoms with Gasteiger partial charge in [0.2, 0.25) is 5.95 Å². The number of rotatable bonds is 13. The molecule has 0 aliphatic carbocycles. The van der Waals surface area contributed by atoms with Crippen molar-refractivity contribution >= 4 is 46.7 Å².